The normalized spacial score (nSPS) is 18.8. The van der Waals surface area contributed by atoms with E-state index < -0.39 is 6.10 Å². The van der Waals surface area contributed by atoms with Crippen LogP contribution in [0, 0.1) is 5.92 Å². The third kappa shape index (κ3) is 9.60. The third-order valence-corrected chi connectivity index (χ3v) is 10.5. The third-order valence-electron chi connectivity index (χ3n) is 10.5. The summed E-state index contributed by atoms with van der Waals surface area (Å²) < 4.78 is 17.6. The zero-order valence-electron chi connectivity index (χ0n) is 30.6. The number of oxazole rings is 1. The van der Waals surface area contributed by atoms with E-state index in [0.717, 1.165) is 50.0 Å². The Balaban J connectivity index is 0.849. The number of benzene rings is 3. The number of unbranched alkanes of at least 4 members (excludes halogenated alkanes) is 1. The number of hydrogen-bond acceptors (Lipinski definition) is 11. The van der Waals surface area contributed by atoms with E-state index in [-0.39, 0.29) is 66.4 Å². The van der Waals surface area contributed by atoms with E-state index in [2.05, 4.69) is 25.5 Å². The molecule has 13 nitrogen and oxygen atoms in total. The Kier molecular flexibility index (Phi) is 12.2. The van der Waals surface area contributed by atoms with Gasteiger partial charge in [-0.25, -0.2) is 4.98 Å². The molecule has 3 saturated heterocycles. The standard InChI is InChI=1S/C42H47N5O8/c48-35-13-11-31(32-12-14-38(50)46-41(32)35)36(49)23-43-17-4-5-18-44-42(52)34-25-54-39(45-34)26-53-30-10-6-9-29(21-30)33(27-7-2-1-3-8-27)22-40(51)55-37-24-47-19-15-28(37)16-20-47/h1-3,6-14,21,25,28,33,36-37,43,48-49H,4-5,15-20,22-24,26H2,(H,44,52)(H,46,50)/t33-,36-,37-/m0/s1. The molecule has 1 amide bonds. The molecule has 3 fully saturated rings. The van der Waals surface area contributed by atoms with Crippen molar-refractivity contribution in [1.82, 2.24) is 25.5 Å². The smallest absolute Gasteiger partial charge is 0.307 e. The SMILES string of the molecule is O=C(C[C@@H](c1ccccc1)c1cccc(OCc2nc(C(=O)NCCCCNC[C@H](O)c3ccc(O)c4[nH]c(=O)ccc34)co2)c1)O[C@H]1CN2CCC1CC2. The summed E-state index contributed by atoms with van der Waals surface area (Å²) in [5.74, 6) is 0.471. The summed E-state index contributed by atoms with van der Waals surface area (Å²) in [6.07, 6.45) is 4.25. The Morgan fingerprint density at radius 2 is 1.78 bits per heavy atom. The number of ether oxygens (including phenoxy) is 2. The van der Waals surface area contributed by atoms with E-state index in [1.54, 1.807) is 12.1 Å². The number of aromatic nitrogens is 2. The lowest BCUT2D eigenvalue weighted by molar-refractivity contribution is -0.159. The van der Waals surface area contributed by atoms with Crippen molar-refractivity contribution in [2.75, 3.05) is 39.3 Å². The highest BCUT2D eigenvalue weighted by Gasteiger charge is 2.37. The minimum Gasteiger partial charge on any atom is -0.506 e. The second-order valence-corrected chi connectivity index (χ2v) is 14.3. The van der Waals surface area contributed by atoms with Gasteiger partial charge in [0.1, 0.15) is 23.9 Å². The predicted molar refractivity (Wildman–Crippen MR) is 205 cm³/mol. The summed E-state index contributed by atoms with van der Waals surface area (Å²) in [7, 11) is 0. The summed E-state index contributed by atoms with van der Waals surface area (Å²) in [5, 5.41) is 27.4. The first kappa shape index (κ1) is 37.8. The van der Waals surface area contributed by atoms with E-state index >= 15 is 0 Å². The highest BCUT2D eigenvalue weighted by Crippen LogP contribution is 2.34. The van der Waals surface area contributed by atoms with Gasteiger partial charge in [-0.2, -0.15) is 0 Å². The molecule has 0 saturated carbocycles. The summed E-state index contributed by atoms with van der Waals surface area (Å²) >= 11 is 0. The maximum Gasteiger partial charge on any atom is 0.307 e. The number of esters is 1. The van der Waals surface area contributed by atoms with Gasteiger partial charge < -0.3 is 39.7 Å². The summed E-state index contributed by atoms with van der Waals surface area (Å²) in [6.45, 7) is 4.34. The zero-order chi connectivity index (χ0) is 38.1. The van der Waals surface area contributed by atoms with Gasteiger partial charge in [-0.15, -0.1) is 0 Å². The highest BCUT2D eigenvalue weighted by molar-refractivity contribution is 5.91. The van der Waals surface area contributed by atoms with Crippen LogP contribution in [-0.2, 0) is 16.1 Å². The second-order valence-electron chi connectivity index (χ2n) is 14.3. The van der Waals surface area contributed by atoms with Crippen LogP contribution < -0.4 is 20.9 Å². The van der Waals surface area contributed by atoms with E-state index in [1.165, 1.54) is 18.4 Å². The van der Waals surface area contributed by atoms with Crippen molar-refractivity contribution in [3.8, 4) is 11.5 Å². The van der Waals surface area contributed by atoms with Gasteiger partial charge in [-0.05, 0) is 92.2 Å². The van der Waals surface area contributed by atoms with Crippen molar-refractivity contribution < 1.29 is 33.7 Å². The van der Waals surface area contributed by atoms with Gasteiger partial charge in [-0.1, -0.05) is 48.5 Å². The van der Waals surface area contributed by atoms with Crippen molar-refractivity contribution in [2.24, 2.45) is 5.92 Å². The molecule has 8 rings (SSSR count). The number of phenolic OH excluding ortho intramolecular Hbond substituents is 1. The van der Waals surface area contributed by atoms with Crippen LogP contribution in [0.2, 0.25) is 0 Å². The van der Waals surface area contributed by atoms with E-state index in [9.17, 15) is 24.6 Å². The van der Waals surface area contributed by atoms with Gasteiger partial charge in [0.2, 0.25) is 11.4 Å². The lowest BCUT2D eigenvalue weighted by atomic mass is 9.85. The molecule has 5 N–H and O–H groups in total. The molecular weight excluding hydrogens is 702 g/mol. The van der Waals surface area contributed by atoms with E-state index in [0.29, 0.717) is 47.6 Å². The topological polar surface area (TPSA) is 179 Å². The lowest BCUT2D eigenvalue weighted by Gasteiger charge is -2.44. The number of hydrogen-bond donors (Lipinski definition) is 5. The van der Waals surface area contributed by atoms with Crippen LogP contribution in [0.15, 0.2) is 94.3 Å². The fraction of sp³-hybridized carbons (Fsp3) is 0.381. The van der Waals surface area contributed by atoms with Gasteiger partial charge in [-0.3, -0.25) is 19.3 Å². The molecule has 2 bridgehead atoms. The molecule has 0 unspecified atom stereocenters. The first-order valence-corrected chi connectivity index (χ1v) is 19.0. The number of amides is 1. The molecular formula is C42H47N5O8. The Hall–Kier alpha value is -5.50. The molecule has 5 aromatic rings. The minimum absolute atomic E-state index is 0.0176. The van der Waals surface area contributed by atoms with Crippen molar-refractivity contribution in [1.29, 1.82) is 0 Å². The molecule has 3 aliphatic rings. The number of carbonyl (C=O) groups is 2. The number of aliphatic hydroxyl groups is 1. The molecule has 5 heterocycles. The molecule has 3 atom stereocenters. The summed E-state index contributed by atoms with van der Waals surface area (Å²) in [6, 6.07) is 23.6. The molecule has 3 aliphatic heterocycles. The number of carbonyl (C=O) groups excluding carboxylic acids is 2. The maximum atomic E-state index is 13.3. The van der Waals surface area contributed by atoms with Crippen LogP contribution in [-0.4, -0.2) is 82.3 Å². The molecule has 0 aliphatic carbocycles. The van der Waals surface area contributed by atoms with Gasteiger partial charge in [0.05, 0.1) is 18.0 Å². The molecule has 0 spiro atoms. The largest absolute Gasteiger partial charge is 0.506 e. The highest BCUT2D eigenvalue weighted by atomic mass is 16.5. The van der Waals surface area contributed by atoms with Crippen LogP contribution in [0.5, 0.6) is 11.5 Å². The molecule has 2 aromatic heterocycles. The number of rotatable bonds is 17. The average Bonchev–Trinajstić information content (AvgIpc) is 3.69. The van der Waals surface area contributed by atoms with Crippen molar-refractivity contribution >= 4 is 22.8 Å². The number of phenols is 1. The minimum atomic E-state index is -0.843. The van der Waals surface area contributed by atoms with Crippen LogP contribution in [0.4, 0.5) is 0 Å². The van der Waals surface area contributed by atoms with Gasteiger partial charge in [0, 0.05) is 37.0 Å². The maximum absolute atomic E-state index is 13.3. The fourth-order valence-electron chi connectivity index (χ4n) is 7.55. The number of pyridine rings is 1. The second kappa shape index (κ2) is 17.8. The number of H-pyrrole nitrogens is 1. The number of aromatic hydroxyl groups is 1. The number of aromatic amines is 1. The average molecular weight is 750 g/mol. The van der Waals surface area contributed by atoms with E-state index in [1.807, 2.05) is 54.6 Å². The first-order valence-electron chi connectivity index (χ1n) is 19.0. The Labute approximate surface area is 318 Å². The molecule has 3 aromatic carbocycles. The summed E-state index contributed by atoms with van der Waals surface area (Å²) in [4.78, 5) is 47.0. The summed E-state index contributed by atoms with van der Waals surface area (Å²) in [5.41, 5.74) is 2.66. The van der Waals surface area contributed by atoms with Gasteiger partial charge >= 0.3 is 5.97 Å². The molecule has 55 heavy (non-hydrogen) atoms. The van der Waals surface area contributed by atoms with Crippen molar-refractivity contribution in [3.05, 3.63) is 124 Å². The lowest BCUT2D eigenvalue weighted by Crippen LogP contribution is -2.52. The first-order chi connectivity index (χ1) is 26.8. The fourth-order valence-corrected chi connectivity index (χ4v) is 7.55. The molecule has 13 heteroatoms. The number of aliphatic hydroxyl groups excluding tert-OH is 1. The Bertz CT molecular complexity index is 2130. The Morgan fingerprint density at radius 3 is 2.58 bits per heavy atom. The van der Waals surface area contributed by atoms with Crippen molar-refractivity contribution in [2.45, 2.75) is 56.8 Å². The molecule has 288 valence electrons. The number of nitrogens with zero attached hydrogens (tertiary/aromatic N) is 2. The van der Waals surface area contributed by atoms with Crippen LogP contribution in [0.25, 0.3) is 10.9 Å². The van der Waals surface area contributed by atoms with Crippen LogP contribution >= 0.6 is 0 Å². The van der Waals surface area contributed by atoms with Gasteiger partial charge in [0.25, 0.3) is 5.91 Å². The predicted octanol–water partition coefficient (Wildman–Crippen LogP) is 4.79. The van der Waals surface area contributed by atoms with Crippen LogP contribution in [0.3, 0.4) is 0 Å². The molecule has 0 radical (unpaired) electrons. The zero-order valence-corrected chi connectivity index (χ0v) is 30.6. The monoisotopic (exact) mass is 749 g/mol. The number of nitrogens with one attached hydrogen (secondary N) is 3. The van der Waals surface area contributed by atoms with Crippen molar-refractivity contribution in [3.63, 3.8) is 0 Å². The van der Waals surface area contributed by atoms with Crippen LogP contribution in [0.1, 0.15) is 77.2 Å². The quantitative estimate of drug-likeness (QED) is 0.0652. The van der Waals surface area contributed by atoms with Gasteiger partial charge in [0.15, 0.2) is 12.3 Å². The number of fused-ring (bicyclic) bond motifs is 4. The number of piperidine rings is 3. The Morgan fingerprint density at radius 1 is 0.982 bits per heavy atom. The van der Waals surface area contributed by atoms with E-state index in [4.69, 9.17) is 13.9 Å².